The number of thioether (sulfide) groups is 1. The van der Waals surface area contributed by atoms with Crippen molar-refractivity contribution in [1.29, 1.82) is 0 Å². The van der Waals surface area contributed by atoms with Crippen LogP contribution in [-0.2, 0) is 4.74 Å². The van der Waals surface area contributed by atoms with Crippen LogP contribution in [0.1, 0.15) is 36.2 Å². The third-order valence-corrected chi connectivity index (χ3v) is 7.44. The van der Waals surface area contributed by atoms with Gasteiger partial charge in [-0.05, 0) is 48.2 Å². The first-order valence-electron chi connectivity index (χ1n) is 12.2. The molecule has 1 fully saturated rings. The Morgan fingerprint density at radius 2 is 1.25 bits per heavy atom. The van der Waals surface area contributed by atoms with E-state index in [-0.39, 0.29) is 42.1 Å². The fraction of sp³-hybridized carbons (Fsp3) is 0.357. The maximum Gasteiger partial charge on any atom is 0.203 e. The number of ether oxygens (including phenoxy) is 6. The van der Waals surface area contributed by atoms with Crippen molar-refractivity contribution in [2.75, 3.05) is 46.5 Å². The Bertz CT molecular complexity index is 1320. The van der Waals surface area contributed by atoms with Crippen molar-refractivity contribution in [2.24, 2.45) is 0 Å². The second-order valence-corrected chi connectivity index (χ2v) is 9.89. The number of methoxy groups -OCH3 is 4. The molecule has 0 amide bonds. The summed E-state index contributed by atoms with van der Waals surface area (Å²) in [5, 5.41) is 0. The lowest BCUT2D eigenvalue weighted by molar-refractivity contribution is 0.0437. The van der Waals surface area contributed by atoms with Gasteiger partial charge in [-0.25, -0.2) is 17.6 Å². The second kappa shape index (κ2) is 12.8. The Kier molecular flexibility index (Phi) is 9.41. The summed E-state index contributed by atoms with van der Waals surface area (Å²) in [7, 11) is 6.09. The summed E-state index contributed by atoms with van der Waals surface area (Å²) in [6.45, 7) is -0.0648. The van der Waals surface area contributed by atoms with Gasteiger partial charge in [-0.2, -0.15) is 0 Å². The summed E-state index contributed by atoms with van der Waals surface area (Å²) >= 11 is 0.587. The Labute approximate surface area is 233 Å². The molecule has 0 unspecified atom stereocenters. The molecule has 0 aromatic heterocycles. The molecule has 4 rings (SSSR count). The van der Waals surface area contributed by atoms with E-state index in [1.54, 1.807) is 26.4 Å². The molecule has 1 aliphatic rings. The smallest absolute Gasteiger partial charge is 0.203 e. The highest BCUT2D eigenvalue weighted by molar-refractivity contribution is 7.99. The van der Waals surface area contributed by atoms with Gasteiger partial charge in [-0.3, -0.25) is 0 Å². The van der Waals surface area contributed by atoms with Crippen molar-refractivity contribution in [3.63, 3.8) is 0 Å². The maximum absolute atomic E-state index is 13.9. The van der Waals surface area contributed by atoms with Gasteiger partial charge in [0.2, 0.25) is 5.75 Å². The number of hydrogen-bond donors (Lipinski definition) is 1. The van der Waals surface area contributed by atoms with Crippen molar-refractivity contribution >= 4 is 17.4 Å². The molecular weight excluding hydrogens is 554 g/mol. The van der Waals surface area contributed by atoms with Gasteiger partial charge < -0.3 is 34.2 Å². The largest absolute Gasteiger partial charge is 0.493 e. The van der Waals surface area contributed by atoms with E-state index in [1.807, 2.05) is 12.1 Å². The molecule has 2 atom stereocenters. The zero-order valence-corrected chi connectivity index (χ0v) is 23.1. The second-order valence-electron chi connectivity index (χ2n) is 8.79. The van der Waals surface area contributed by atoms with E-state index < -0.39 is 28.2 Å². The van der Waals surface area contributed by atoms with E-state index in [0.717, 1.165) is 17.5 Å². The van der Waals surface area contributed by atoms with Crippen molar-refractivity contribution in [1.82, 2.24) is 0 Å². The van der Waals surface area contributed by atoms with Crippen LogP contribution >= 0.6 is 11.8 Å². The fourth-order valence-electron chi connectivity index (χ4n) is 4.52. The third kappa shape index (κ3) is 5.97. The van der Waals surface area contributed by atoms with Crippen LogP contribution in [0.15, 0.2) is 35.2 Å². The van der Waals surface area contributed by atoms with Crippen molar-refractivity contribution in [3.8, 4) is 28.7 Å². The first-order valence-corrected chi connectivity index (χ1v) is 13.2. The van der Waals surface area contributed by atoms with Gasteiger partial charge in [0.25, 0.3) is 0 Å². The van der Waals surface area contributed by atoms with E-state index in [2.05, 4.69) is 0 Å². The zero-order chi connectivity index (χ0) is 29.0. The monoisotopic (exact) mass is 583 g/mol. The molecule has 2 N–H and O–H groups in total. The molecule has 1 saturated heterocycles. The minimum atomic E-state index is -1.47. The Hall–Kier alpha value is -3.51. The maximum atomic E-state index is 13.9. The average Bonchev–Trinajstić information content (AvgIpc) is 3.45. The Balaban J connectivity index is 1.45. The highest BCUT2D eigenvalue weighted by Gasteiger charge is 2.31. The number of benzene rings is 3. The van der Waals surface area contributed by atoms with Crippen molar-refractivity contribution in [2.45, 2.75) is 29.9 Å². The van der Waals surface area contributed by atoms with Gasteiger partial charge in [0.15, 0.2) is 46.3 Å². The topological polar surface area (TPSA) is 81.4 Å². The summed E-state index contributed by atoms with van der Waals surface area (Å²) in [4.78, 5) is -0.753. The molecular formula is C28H29F4NO6S. The number of anilines is 1. The first-order chi connectivity index (χ1) is 19.2. The molecule has 0 aliphatic carbocycles. The number of nitrogens with two attached hydrogens (primary N) is 1. The van der Waals surface area contributed by atoms with Crippen LogP contribution in [-0.4, -0.2) is 40.8 Å². The lowest BCUT2D eigenvalue weighted by Gasteiger charge is -2.20. The van der Waals surface area contributed by atoms with E-state index in [9.17, 15) is 17.6 Å². The minimum Gasteiger partial charge on any atom is -0.493 e. The van der Waals surface area contributed by atoms with E-state index in [1.165, 1.54) is 14.2 Å². The van der Waals surface area contributed by atoms with E-state index in [4.69, 9.17) is 34.2 Å². The van der Waals surface area contributed by atoms with Crippen molar-refractivity contribution < 1.29 is 46.0 Å². The zero-order valence-electron chi connectivity index (χ0n) is 22.3. The van der Waals surface area contributed by atoms with Gasteiger partial charge in [-0.15, -0.1) is 11.8 Å². The van der Waals surface area contributed by atoms with Crippen molar-refractivity contribution in [3.05, 3.63) is 64.7 Å². The average molecular weight is 584 g/mol. The van der Waals surface area contributed by atoms with E-state index >= 15 is 0 Å². The fourth-order valence-corrected chi connectivity index (χ4v) is 5.34. The van der Waals surface area contributed by atoms with Gasteiger partial charge >= 0.3 is 0 Å². The number of halogens is 4. The summed E-state index contributed by atoms with van der Waals surface area (Å²) in [6.07, 6.45) is 0.933. The molecule has 12 heteroatoms. The van der Waals surface area contributed by atoms with Crippen LogP contribution < -0.4 is 29.4 Å². The molecule has 1 aliphatic heterocycles. The standard InChI is InChI=1S/C28H29F4NO6S/c1-34-21-10-14(19-5-6-20(39-19)15-11-22(35-2)27(37-4)23(12-15)36-3)9-18(33)26(21)38-7-8-40-28-24(31)16(29)13-17(30)25(28)32/h9-13,19-20H,5-8,33H2,1-4H3/t19-,20-/m0/s1. The van der Waals surface area contributed by atoms with Gasteiger partial charge in [-0.1, -0.05) is 0 Å². The highest BCUT2D eigenvalue weighted by atomic mass is 32.2. The normalized spacial score (nSPS) is 16.6. The molecule has 0 radical (unpaired) electrons. The Morgan fingerprint density at radius 1 is 0.750 bits per heavy atom. The number of hydrogen-bond acceptors (Lipinski definition) is 8. The number of nitrogen functional groups attached to an aromatic ring is 1. The third-order valence-electron chi connectivity index (χ3n) is 6.42. The summed E-state index contributed by atoms with van der Waals surface area (Å²) < 4.78 is 88.5. The summed E-state index contributed by atoms with van der Waals surface area (Å²) in [5.74, 6) is -3.72. The first kappa shape index (κ1) is 29.5. The van der Waals surface area contributed by atoms with Crippen LogP contribution in [0.4, 0.5) is 23.2 Å². The minimum absolute atomic E-state index is 0.0106. The van der Waals surface area contributed by atoms with Gasteiger partial charge in [0.1, 0.15) is 0 Å². The lowest BCUT2D eigenvalue weighted by Crippen LogP contribution is -2.07. The van der Waals surface area contributed by atoms with Crippen LogP contribution in [0.25, 0.3) is 0 Å². The molecule has 3 aromatic rings. The van der Waals surface area contributed by atoms with Crippen LogP contribution in [0.5, 0.6) is 28.7 Å². The molecule has 40 heavy (non-hydrogen) atoms. The van der Waals surface area contributed by atoms with E-state index in [0.29, 0.717) is 41.2 Å². The molecule has 0 bridgehead atoms. The van der Waals surface area contributed by atoms with Gasteiger partial charge in [0.05, 0.1) is 57.8 Å². The van der Waals surface area contributed by atoms with Crippen LogP contribution in [0.2, 0.25) is 0 Å². The molecule has 3 aromatic carbocycles. The Morgan fingerprint density at radius 3 is 1.75 bits per heavy atom. The van der Waals surface area contributed by atoms with Crippen LogP contribution in [0.3, 0.4) is 0 Å². The molecule has 0 spiro atoms. The molecule has 0 saturated carbocycles. The quantitative estimate of drug-likeness (QED) is 0.0887. The molecule has 216 valence electrons. The predicted octanol–water partition coefficient (Wildman–Crippen LogP) is 6.62. The summed E-state index contributed by atoms with van der Waals surface area (Å²) in [5.41, 5.74) is 8.20. The van der Waals surface area contributed by atoms with Crippen LogP contribution in [0, 0.1) is 23.3 Å². The lowest BCUT2D eigenvalue weighted by atomic mass is 10.0. The van der Waals surface area contributed by atoms with Gasteiger partial charge in [0, 0.05) is 11.8 Å². The molecule has 7 nitrogen and oxygen atoms in total. The number of rotatable bonds is 11. The SMILES string of the molecule is COc1cc([C@@H]2CC[C@@H](c3cc(OC)c(OC)c(OC)c3)O2)cc(N)c1OCCSc1c(F)c(F)cc(F)c1F. The predicted molar refractivity (Wildman–Crippen MR) is 142 cm³/mol. The summed E-state index contributed by atoms with van der Waals surface area (Å²) in [6, 6.07) is 7.35. The molecule has 1 heterocycles. The highest BCUT2D eigenvalue weighted by Crippen LogP contribution is 2.47.